The summed E-state index contributed by atoms with van der Waals surface area (Å²) in [5.41, 5.74) is 3.07. The Morgan fingerprint density at radius 2 is 1.83 bits per heavy atom. The van der Waals surface area contributed by atoms with Gasteiger partial charge in [0.25, 0.3) is 0 Å². The smallest absolute Gasteiger partial charge is 0.324 e. The molecule has 3 aromatic rings. The normalized spacial score (nSPS) is 11.7. The number of anilines is 1. The van der Waals surface area contributed by atoms with Gasteiger partial charge in [-0.3, -0.25) is 14.0 Å². The molecule has 0 atom stereocenters. The molecule has 0 aliphatic rings. The second-order valence-electron chi connectivity index (χ2n) is 6.45. The number of amides is 1. The van der Waals surface area contributed by atoms with E-state index in [0.717, 1.165) is 11.1 Å². The lowest BCUT2D eigenvalue weighted by molar-refractivity contribution is -0.111. The van der Waals surface area contributed by atoms with E-state index in [9.17, 15) is 13.8 Å². The maximum atomic E-state index is 13.1. The molecule has 1 aromatic heterocycles. The highest BCUT2D eigenvalue weighted by molar-refractivity contribution is 7.50. The zero-order valence-corrected chi connectivity index (χ0v) is 16.4. The van der Waals surface area contributed by atoms with Crippen LogP contribution >= 0.6 is 7.60 Å². The Bertz CT molecular complexity index is 1090. The third kappa shape index (κ3) is 5.96. The van der Waals surface area contributed by atoms with Gasteiger partial charge in [0.2, 0.25) is 5.91 Å². The first-order valence-corrected chi connectivity index (χ1v) is 10.4. The predicted octanol–water partition coefficient (Wildman–Crippen LogP) is 3.56. The van der Waals surface area contributed by atoms with Crippen molar-refractivity contribution >= 4 is 25.3 Å². The number of nitrogens with zero attached hydrogens (tertiary/aromatic N) is 2. The fourth-order valence-electron chi connectivity index (χ4n) is 2.75. The summed E-state index contributed by atoms with van der Waals surface area (Å²) in [7, 11) is -2.38. The molecule has 3 rings (SSSR count). The Morgan fingerprint density at radius 3 is 2.45 bits per heavy atom. The topological polar surface area (TPSA) is 104 Å². The number of carbonyl (C=O) groups excluding carboxylic acids is 1. The van der Waals surface area contributed by atoms with Crippen molar-refractivity contribution in [2.75, 3.05) is 5.32 Å². The molecule has 0 spiro atoms. The van der Waals surface area contributed by atoms with Crippen molar-refractivity contribution in [2.24, 2.45) is 7.05 Å². The summed E-state index contributed by atoms with van der Waals surface area (Å²) < 4.78 is 25.8. The molecular weight excluding hydrogens is 396 g/mol. The Labute approximate surface area is 166 Å². The minimum atomic E-state index is -4.13. The fourth-order valence-corrected chi connectivity index (χ4v) is 3.44. The van der Waals surface area contributed by atoms with Gasteiger partial charge in [0.15, 0.2) is 0 Å². The summed E-state index contributed by atoms with van der Waals surface area (Å²) in [5, 5.41) is 6.99. The molecule has 1 amide bonds. The van der Waals surface area contributed by atoms with Crippen LogP contribution in [0.2, 0.25) is 0 Å². The zero-order valence-electron chi connectivity index (χ0n) is 15.5. The van der Waals surface area contributed by atoms with Crippen LogP contribution in [0.15, 0.2) is 60.8 Å². The molecule has 0 unspecified atom stereocenters. The molecular formula is C20H19FN3O4P. The van der Waals surface area contributed by atoms with Crippen molar-refractivity contribution < 1.29 is 23.5 Å². The van der Waals surface area contributed by atoms with Gasteiger partial charge in [0.05, 0.1) is 11.9 Å². The number of rotatable bonds is 6. The molecule has 0 aliphatic carbocycles. The Morgan fingerprint density at radius 1 is 1.17 bits per heavy atom. The summed E-state index contributed by atoms with van der Waals surface area (Å²) in [6.07, 6.45) is 4.33. The second kappa shape index (κ2) is 8.53. The van der Waals surface area contributed by atoms with E-state index < -0.39 is 7.60 Å². The van der Waals surface area contributed by atoms with Gasteiger partial charge < -0.3 is 15.1 Å². The number of hydrogen-bond donors (Lipinski definition) is 3. The second-order valence-corrected chi connectivity index (χ2v) is 8.10. The van der Waals surface area contributed by atoms with Crippen LogP contribution in [-0.2, 0) is 22.6 Å². The van der Waals surface area contributed by atoms with E-state index in [1.807, 2.05) is 0 Å². The van der Waals surface area contributed by atoms with E-state index in [-0.39, 0.29) is 17.9 Å². The molecule has 9 heteroatoms. The minimum Gasteiger partial charge on any atom is -0.324 e. The van der Waals surface area contributed by atoms with Gasteiger partial charge in [0, 0.05) is 30.6 Å². The lowest BCUT2D eigenvalue weighted by Crippen LogP contribution is -2.07. The first-order chi connectivity index (χ1) is 13.7. The van der Waals surface area contributed by atoms with Crippen LogP contribution in [-0.4, -0.2) is 25.5 Å². The molecule has 150 valence electrons. The summed E-state index contributed by atoms with van der Waals surface area (Å²) in [6.45, 7) is 0. The van der Waals surface area contributed by atoms with Crippen molar-refractivity contribution in [3.8, 4) is 11.1 Å². The maximum absolute atomic E-state index is 13.1. The van der Waals surface area contributed by atoms with E-state index >= 15 is 0 Å². The summed E-state index contributed by atoms with van der Waals surface area (Å²) in [4.78, 5) is 30.2. The Hall–Kier alpha value is -3.06. The van der Waals surface area contributed by atoms with Gasteiger partial charge in [-0.15, -0.1) is 0 Å². The van der Waals surface area contributed by atoms with Crippen LogP contribution in [0.5, 0.6) is 0 Å². The molecule has 0 fully saturated rings. The monoisotopic (exact) mass is 415 g/mol. The molecule has 0 saturated heterocycles. The van der Waals surface area contributed by atoms with E-state index in [2.05, 4.69) is 10.4 Å². The molecule has 7 nitrogen and oxygen atoms in total. The van der Waals surface area contributed by atoms with Crippen LogP contribution in [0.1, 0.15) is 11.3 Å². The minimum absolute atomic E-state index is 0.332. The van der Waals surface area contributed by atoms with Gasteiger partial charge >= 0.3 is 7.60 Å². The lowest BCUT2D eigenvalue weighted by atomic mass is 10.1. The molecule has 1 heterocycles. The molecule has 2 aromatic carbocycles. The third-order valence-corrected chi connectivity index (χ3v) is 4.79. The average Bonchev–Trinajstić information content (AvgIpc) is 3.02. The number of halogens is 1. The summed E-state index contributed by atoms with van der Waals surface area (Å²) >= 11 is 0. The quantitative estimate of drug-likeness (QED) is 0.422. The van der Waals surface area contributed by atoms with Crippen molar-refractivity contribution in [1.82, 2.24) is 9.78 Å². The van der Waals surface area contributed by atoms with Gasteiger partial charge in [0.1, 0.15) is 5.82 Å². The van der Waals surface area contributed by atoms with Gasteiger partial charge in [-0.05, 0) is 41.5 Å². The van der Waals surface area contributed by atoms with E-state index in [4.69, 9.17) is 9.79 Å². The lowest BCUT2D eigenvalue weighted by Gasteiger charge is -2.06. The maximum Gasteiger partial charge on any atom is 0.329 e. The van der Waals surface area contributed by atoms with Gasteiger partial charge in [-0.2, -0.15) is 5.10 Å². The number of aryl methyl sites for hydroxylation is 1. The number of hydrogen-bond acceptors (Lipinski definition) is 3. The highest BCUT2D eigenvalue weighted by Crippen LogP contribution is 2.39. The van der Waals surface area contributed by atoms with E-state index in [1.165, 1.54) is 18.2 Å². The highest BCUT2D eigenvalue weighted by atomic mass is 31.2. The van der Waals surface area contributed by atoms with Crippen LogP contribution in [0.3, 0.4) is 0 Å². The van der Waals surface area contributed by atoms with Crippen LogP contribution in [0.25, 0.3) is 17.2 Å². The van der Waals surface area contributed by atoms with Crippen LogP contribution < -0.4 is 5.32 Å². The van der Waals surface area contributed by atoms with Crippen molar-refractivity contribution in [3.63, 3.8) is 0 Å². The SMILES string of the molecule is Cn1cc(-c2ccc(F)cc2)c(C=CC(=O)Nc2ccc(CP(=O)(O)O)cc2)n1. The molecule has 29 heavy (non-hydrogen) atoms. The Kier molecular flexibility index (Phi) is 6.08. The fraction of sp³-hybridized carbons (Fsp3) is 0.100. The Balaban J connectivity index is 1.70. The third-order valence-electron chi connectivity index (χ3n) is 4.02. The van der Waals surface area contributed by atoms with Gasteiger partial charge in [-0.1, -0.05) is 24.3 Å². The van der Waals surface area contributed by atoms with Crippen molar-refractivity contribution in [1.29, 1.82) is 0 Å². The molecule has 3 N–H and O–H groups in total. The van der Waals surface area contributed by atoms with Crippen molar-refractivity contribution in [2.45, 2.75) is 6.16 Å². The van der Waals surface area contributed by atoms with E-state index in [0.29, 0.717) is 16.9 Å². The average molecular weight is 415 g/mol. The summed E-state index contributed by atoms with van der Waals surface area (Å²) in [5.74, 6) is -0.718. The summed E-state index contributed by atoms with van der Waals surface area (Å²) in [6, 6.07) is 12.2. The van der Waals surface area contributed by atoms with E-state index in [1.54, 1.807) is 60.4 Å². The van der Waals surface area contributed by atoms with Crippen LogP contribution in [0, 0.1) is 5.82 Å². The number of carbonyl (C=O) groups is 1. The molecule has 0 bridgehead atoms. The first kappa shape index (κ1) is 20.7. The van der Waals surface area contributed by atoms with Crippen molar-refractivity contribution in [3.05, 3.63) is 77.9 Å². The largest absolute Gasteiger partial charge is 0.329 e. The zero-order chi connectivity index (χ0) is 21.0. The number of benzene rings is 2. The molecule has 0 aliphatic heterocycles. The molecule has 0 radical (unpaired) electrons. The number of aromatic nitrogens is 2. The first-order valence-electron chi connectivity index (χ1n) is 8.62. The van der Waals surface area contributed by atoms with Crippen LogP contribution in [0.4, 0.5) is 10.1 Å². The number of nitrogens with one attached hydrogen (secondary N) is 1. The van der Waals surface area contributed by atoms with Gasteiger partial charge in [-0.25, -0.2) is 4.39 Å². The predicted molar refractivity (Wildman–Crippen MR) is 108 cm³/mol. The molecule has 0 saturated carbocycles. The standard InChI is InChI=1S/C20H19FN3O4P/c1-24-12-18(15-4-6-16(21)7-5-15)19(23-24)10-11-20(25)22-17-8-2-14(3-9-17)13-29(26,27)28/h2-12H,13H2,1H3,(H,22,25)(H2,26,27,28). The highest BCUT2D eigenvalue weighted by Gasteiger charge is 2.13.